The minimum absolute atomic E-state index is 0.140. The lowest BCUT2D eigenvalue weighted by atomic mass is 10.6. The van der Waals surface area contributed by atoms with Crippen LogP contribution in [0.25, 0.3) is 0 Å². The number of aromatic amines is 1. The molecule has 0 saturated carbocycles. The predicted octanol–water partition coefficient (Wildman–Crippen LogP) is 0.463. The average molecular weight is 187 g/mol. The lowest BCUT2D eigenvalue weighted by Gasteiger charge is -1.94. The van der Waals surface area contributed by atoms with Gasteiger partial charge in [0.05, 0.1) is 12.2 Å². The molecule has 0 aliphatic carbocycles. The van der Waals surface area contributed by atoms with Gasteiger partial charge >= 0.3 is 12.0 Å². The molecular formula is C5H5N3O5. The van der Waals surface area contributed by atoms with Gasteiger partial charge < -0.3 is 19.6 Å². The largest absolute Gasteiger partial charge is 0.514 e. The van der Waals surface area contributed by atoms with Crippen molar-refractivity contribution in [3.8, 4) is 5.88 Å². The highest BCUT2D eigenvalue weighted by Crippen LogP contribution is 2.14. The molecule has 0 atom stereocenters. The molecule has 0 saturated heterocycles. The Morgan fingerprint density at radius 2 is 2.46 bits per heavy atom. The van der Waals surface area contributed by atoms with E-state index in [1.165, 1.54) is 0 Å². The molecule has 8 heteroatoms. The van der Waals surface area contributed by atoms with E-state index in [0.29, 0.717) is 0 Å². The summed E-state index contributed by atoms with van der Waals surface area (Å²) in [4.78, 5) is 19.9. The van der Waals surface area contributed by atoms with E-state index in [0.717, 1.165) is 13.2 Å². The van der Waals surface area contributed by atoms with Gasteiger partial charge in [0.15, 0.2) is 0 Å². The van der Waals surface area contributed by atoms with Gasteiger partial charge in [0.25, 0.3) is 0 Å². The van der Waals surface area contributed by atoms with Gasteiger partial charge in [0, 0.05) is 0 Å². The number of nitrogens with zero attached hydrogens (tertiary/aromatic N) is 2. The van der Waals surface area contributed by atoms with Gasteiger partial charge in [-0.1, -0.05) is 0 Å². The smallest absolute Gasteiger partial charge is 0.437 e. The zero-order valence-corrected chi connectivity index (χ0v) is 6.51. The van der Waals surface area contributed by atoms with Crippen molar-refractivity contribution in [2.45, 2.75) is 0 Å². The van der Waals surface area contributed by atoms with Crippen molar-refractivity contribution in [1.29, 1.82) is 0 Å². The van der Waals surface area contributed by atoms with Crippen LogP contribution in [-0.2, 0) is 4.74 Å². The van der Waals surface area contributed by atoms with E-state index in [-0.39, 0.29) is 5.88 Å². The van der Waals surface area contributed by atoms with E-state index in [1.807, 2.05) is 0 Å². The number of H-pyrrole nitrogens is 1. The van der Waals surface area contributed by atoms with Crippen LogP contribution in [0, 0.1) is 10.1 Å². The van der Waals surface area contributed by atoms with Crippen molar-refractivity contribution in [2.24, 2.45) is 0 Å². The van der Waals surface area contributed by atoms with Crippen LogP contribution in [0.15, 0.2) is 6.07 Å². The number of rotatable bonds is 2. The topological polar surface area (TPSA) is 107 Å². The number of hydrogen-bond donors (Lipinski definition) is 1. The summed E-state index contributed by atoms with van der Waals surface area (Å²) < 4.78 is 8.56. The summed E-state index contributed by atoms with van der Waals surface area (Å²) in [5, 5.41) is 15.5. The van der Waals surface area contributed by atoms with Crippen molar-refractivity contribution >= 4 is 12.0 Å². The van der Waals surface area contributed by atoms with Crippen LogP contribution in [0.5, 0.6) is 5.88 Å². The predicted molar refractivity (Wildman–Crippen MR) is 38.3 cm³/mol. The Bertz CT molecular complexity index is 333. The summed E-state index contributed by atoms with van der Waals surface area (Å²) in [5.74, 6) is -0.572. The van der Waals surface area contributed by atoms with E-state index < -0.39 is 16.9 Å². The van der Waals surface area contributed by atoms with Crippen LogP contribution in [0.1, 0.15) is 0 Å². The monoisotopic (exact) mass is 187 g/mol. The number of hydrogen-bond acceptors (Lipinski definition) is 6. The third-order valence-electron chi connectivity index (χ3n) is 1.09. The number of nitrogens with one attached hydrogen (secondary N) is 1. The molecular weight excluding hydrogens is 182 g/mol. The first kappa shape index (κ1) is 8.97. The Morgan fingerprint density at radius 3 is 2.92 bits per heavy atom. The first-order valence-corrected chi connectivity index (χ1v) is 3.09. The van der Waals surface area contributed by atoms with E-state index >= 15 is 0 Å². The van der Waals surface area contributed by atoms with Gasteiger partial charge in [-0.3, -0.25) is 0 Å². The first-order chi connectivity index (χ1) is 6.13. The lowest BCUT2D eigenvalue weighted by molar-refractivity contribution is -0.389. The maximum atomic E-state index is 10.5. The number of carbonyl (C=O) groups is 1. The van der Waals surface area contributed by atoms with E-state index in [2.05, 4.69) is 19.7 Å². The Morgan fingerprint density at radius 1 is 1.77 bits per heavy atom. The van der Waals surface area contributed by atoms with Crippen molar-refractivity contribution in [1.82, 2.24) is 10.2 Å². The molecule has 0 aliphatic heterocycles. The summed E-state index contributed by atoms with van der Waals surface area (Å²) in [7, 11) is 1.12. The molecule has 1 N–H and O–H groups in total. The summed E-state index contributed by atoms with van der Waals surface area (Å²) in [5.41, 5.74) is 0. The molecule has 0 bridgehead atoms. The van der Waals surface area contributed by atoms with Gasteiger partial charge in [-0.2, -0.15) is 0 Å². The Balaban J connectivity index is 2.69. The number of nitro groups is 1. The minimum atomic E-state index is -0.974. The number of methoxy groups -OCH3 is 1. The fraction of sp³-hybridized carbons (Fsp3) is 0.200. The van der Waals surface area contributed by atoms with Crippen molar-refractivity contribution in [3.63, 3.8) is 0 Å². The van der Waals surface area contributed by atoms with Crippen LogP contribution in [0.3, 0.4) is 0 Å². The number of ether oxygens (including phenoxy) is 2. The number of aromatic nitrogens is 2. The van der Waals surface area contributed by atoms with E-state index in [4.69, 9.17) is 0 Å². The highest BCUT2D eigenvalue weighted by Gasteiger charge is 2.14. The van der Waals surface area contributed by atoms with Crippen molar-refractivity contribution < 1.29 is 19.2 Å². The summed E-state index contributed by atoms with van der Waals surface area (Å²) in [6.07, 6.45) is -0.974. The van der Waals surface area contributed by atoms with Gasteiger partial charge in [0.2, 0.25) is 5.88 Å². The normalized spacial score (nSPS) is 9.31. The zero-order valence-electron chi connectivity index (χ0n) is 6.51. The maximum Gasteiger partial charge on any atom is 0.514 e. The molecule has 0 aromatic carbocycles. The van der Waals surface area contributed by atoms with Crippen LogP contribution < -0.4 is 4.74 Å². The molecule has 0 fully saturated rings. The summed E-state index contributed by atoms with van der Waals surface area (Å²) >= 11 is 0. The second kappa shape index (κ2) is 3.52. The molecule has 1 aromatic rings. The molecule has 0 unspecified atom stereocenters. The van der Waals surface area contributed by atoms with E-state index in [1.54, 1.807) is 0 Å². The van der Waals surface area contributed by atoms with Gasteiger partial charge in [-0.25, -0.2) is 4.79 Å². The SMILES string of the molecule is COC(=O)Oc1cc([N+](=O)[O-])n[nH]1. The van der Waals surface area contributed by atoms with Crippen LogP contribution in [-0.4, -0.2) is 28.4 Å². The molecule has 1 rings (SSSR count). The standard InChI is InChI=1S/C5H5N3O5/c1-12-5(9)13-4-2-3(6-7-4)8(10)11/h2H,1H3,(H,6,7). The molecule has 13 heavy (non-hydrogen) atoms. The van der Waals surface area contributed by atoms with Crippen molar-refractivity contribution in [2.75, 3.05) is 7.11 Å². The summed E-state index contributed by atoms with van der Waals surface area (Å²) in [6, 6.07) is 0.969. The zero-order chi connectivity index (χ0) is 9.84. The Kier molecular flexibility index (Phi) is 2.43. The summed E-state index contributed by atoms with van der Waals surface area (Å²) in [6.45, 7) is 0. The highest BCUT2D eigenvalue weighted by atomic mass is 16.7. The fourth-order valence-electron chi connectivity index (χ4n) is 0.571. The molecule has 1 heterocycles. The third-order valence-corrected chi connectivity index (χ3v) is 1.09. The molecule has 1 aromatic heterocycles. The number of carbonyl (C=O) groups excluding carboxylic acids is 1. The van der Waals surface area contributed by atoms with Crippen LogP contribution >= 0.6 is 0 Å². The minimum Gasteiger partial charge on any atom is -0.437 e. The average Bonchev–Trinajstić information content (AvgIpc) is 2.52. The van der Waals surface area contributed by atoms with Crippen LogP contribution in [0.2, 0.25) is 0 Å². The van der Waals surface area contributed by atoms with Gasteiger partial charge in [-0.05, 0) is 4.92 Å². The molecule has 0 spiro atoms. The first-order valence-electron chi connectivity index (χ1n) is 3.09. The molecule has 0 radical (unpaired) electrons. The molecule has 0 aliphatic rings. The second-order valence-corrected chi connectivity index (χ2v) is 1.90. The van der Waals surface area contributed by atoms with Gasteiger partial charge in [-0.15, -0.1) is 5.10 Å². The maximum absolute atomic E-state index is 10.5. The molecule has 0 amide bonds. The second-order valence-electron chi connectivity index (χ2n) is 1.90. The Labute approximate surface area is 71.6 Å². The van der Waals surface area contributed by atoms with E-state index in [9.17, 15) is 14.9 Å². The van der Waals surface area contributed by atoms with Crippen molar-refractivity contribution in [3.05, 3.63) is 16.2 Å². The quantitative estimate of drug-likeness (QED) is 0.409. The highest BCUT2D eigenvalue weighted by molar-refractivity contribution is 5.62. The Hall–Kier alpha value is -2.12. The van der Waals surface area contributed by atoms with Gasteiger partial charge in [0.1, 0.15) is 6.07 Å². The molecule has 8 nitrogen and oxygen atoms in total. The van der Waals surface area contributed by atoms with Crippen LogP contribution in [0.4, 0.5) is 10.6 Å². The fourth-order valence-corrected chi connectivity index (χ4v) is 0.571. The lowest BCUT2D eigenvalue weighted by Crippen LogP contribution is -2.07. The molecule has 70 valence electrons. The third kappa shape index (κ3) is 2.15.